The van der Waals surface area contributed by atoms with Crippen molar-refractivity contribution >= 4 is 11.3 Å². The molecule has 1 aliphatic carbocycles. The first-order valence-electron chi connectivity index (χ1n) is 5.59. The first-order valence-corrected chi connectivity index (χ1v) is 6.47. The Morgan fingerprint density at radius 1 is 1.12 bits per heavy atom. The summed E-state index contributed by atoms with van der Waals surface area (Å²) < 4.78 is 0. The summed E-state index contributed by atoms with van der Waals surface area (Å²) in [5.74, 6) is 0. The van der Waals surface area contributed by atoms with Gasteiger partial charge in [-0.15, -0.1) is 11.3 Å². The number of hydrogen-bond acceptors (Lipinski definition) is 2. The van der Waals surface area contributed by atoms with Crippen LogP contribution in [0, 0.1) is 6.92 Å². The van der Waals surface area contributed by atoms with Gasteiger partial charge in [0.05, 0.1) is 5.54 Å². The van der Waals surface area contributed by atoms with Gasteiger partial charge in [-0.3, -0.25) is 0 Å². The smallest absolute Gasteiger partial charge is 0.0588 e. The molecule has 2 heteroatoms. The second-order valence-corrected chi connectivity index (χ2v) is 5.63. The fourth-order valence-corrected chi connectivity index (χ4v) is 3.73. The van der Waals surface area contributed by atoms with Gasteiger partial charge in [0, 0.05) is 4.88 Å². The maximum absolute atomic E-state index is 6.59. The van der Waals surface area contributed by atoms with Gasteiger partial charge in [0.25, 0.3) is 0 Å². The van der Waals surface area contributed by atoms with E-state index in [-0.39, 0.29) is 5.54 Å². The largest absolute Gasteiger partial charge is 0.320 e. The van der Waals surface area contributed by atoms with Crippen LogP contribution in [-0.2, 0) is 18.4 Å². The van der Waals surface area contributed by atoms with E-state index in [1.807, 2.05) is 0 Å². The van der Waals surface area contributed by atoms with Crippen molar-refractivity contribution < 1.29 is 0 Å². The predicted molar refractivity (Wildman–Crippen MR) is 68.8 cm³/mol. The summed E-state index contributed by atoms with van der Waals surface area (Å²) in [5.41, 5.74) is 10.6. The average molecular weight is 229 g/mol. The fourth-order valence-electron chi connectivity index (χ4n) is 2.69. The van der Waals surface area contributed by atoms with E-state index in [2.05, 4.69) is 42.6 Å². The molecule has 0 saturated carbocycles. The molecule has 0 bridgehead atoms. The third-order valence-electron chi connectivity index (χ3n) is 3.44. The van der Waals surface area contributed by atoms with E-state index < -0.39 is 0 Å². The van der Waals surface area contributed by atoms with Crippen LogP contribution in [0.15, 0.2) is 35.7 Å². The fraction of sp³-hybridized carbons (Fsp3) is 0.286. The van der Waals surface area contributed by atoms with Gasteiger partial charge in [-0.2, -0.15) is 0 Å². The van der Waals surface area contributed by atoms with Gasteiger partial charge in [-0.25, -0.2) is 0 Å². The zero-order valence-electron chi connectivity index (χ0n) is 9.36. The topological polar surface area (TPSA) is 26.0 Å². The summed E-state index contributed by atoms with van der Waals surface area (Å²) in [5, 5.41) is 2.14. The van der Waals surface area contributed by atoms with E-state index in [9.17, 15) is 0 Å². The van der Waals surface area contributed by atoms with Crippen LogP contribution in [0.1, 0.15) is 21.6 Å². The first kappa shape index (κ1) is 10.1. The number of rotatable bonds is 1. The van der Waals surface area contributed by atoms with Gasteiger partial charge >= 0.3 is 0 Å². The summed E-state index contributed by atoms with van der Waals surface area (Å²) in [6, 6.07) is 10.8. The molecule has 1 nitrogen and oxygen atoms in total. The van der Waals surface area contributed by atoms with Crippen molar-refractivity contribution in [2.45, 2.75) is 25.3 Å². The highest BCUT2D eigenvalue weighted by Gasteiger charge is 2.36. The number of nitrogens with two attached hydrogens (primary N) is 1. The summed E-state index contributed by atoms with van der Waals surface area (Å²) in [4.78, 5) is 1.35. The molecule has 0 fully saturated rings. The normalized spacial score (nSPS) is 17.4. The lowest BCUT2D eigenvalue weighted by Crippen LogP contribution is -2.37. The van der Waals surface area contributed by atoms with E-state index in [1.54, 1.807) is 11.3 Å². The van der Waals surface area contributed by atoms with Crippen LogP contribution in [0.25, 0.3) is 0 Å². The maximum Gasteiger partial charge on any atom is 0.0588 e. The average Bonchev–Trinajstić information content (AvgIpc) is 2.81. The Morgan fingerprint density at radius 3 is 2.25 bits per heavy atom. The van der Waals surface area contributed by atoms with Crippen LogP contribution in [-0.4, -0.2) is 0 Å². The minimum absolute atomic E-state index is 0.165. The lowest BCUT2D eigenvalue weighted by Gasteiger charge is -2.23. The molecule has 0 saturated heterocycles. The third-order valence-corrected chi connectivity index (χ3v) is 4.68. The highest BCUT2D eigenvalue weighted by molar-refractivity contribution is 7.10. The lowest BCUT2D eigenvalue weighted by atomic mass is 9.93. The Kier molecular flexibility index (Phi) is 2.16. The van der Waals surface area contributed by atoms with Crippen molar-refractivity contribution in [2.75, 3.05) is 0 Å². The molecule has 0 unspecified atom stereocenters. The first-order chi connectivity index (χ1) is 7.69. The van der Waals surface area contributed by atoms with Crippen molar-refractivity contribution in [3.8, 4) is 0 Å². The number of hydrogen-bond donors (Lipinski definition) is 1. The Morgan fingerprint density at radius 2 is 1.75 bits per heavy atom. The van der Waals surface area contributed by atoms with E-state index >= 15 is 0 Å². The van der Waals surface area contributed by atoms with Crippen molar-refractivity contribution in [3.63, 3.8) is 0 Å². The molecule has 0 radical (unpaired) electrons. The Bertz CT molecular complexity index is 502. The van der Waals surface area contributed by atoms with Crippen LogP contribution in [0.5, 0.6) is 0 Å². The molecule has 1 aliphatic rings. The zero-order valence-corrected chi connectivity index (χ0v) is 10.2. The van der Waals surface area contributed by atoms with Crippen LogP contribution < -0.4 is 5.73 Å². The van der Waals surface area contributed by atoms with Crippen molar-refractivity contribution in [1.29, 1.82) is 0 Å². The molecule has 3 rings (SSSR count). The van der Waals surface area contributed by atoms with Gasteiger partial charge in [-0.05, 0) is 47.9 Å². The molecule has 0 atom stereocenters. The molecule has 0 aliphatic heterocycles. The monoisotopic (exact) mass is 229 g/mol. The number of thiophene rings is 1. The molecule has 0 amide bonds. The molecule has 16 heavy (non-hydrogen) atoms. The van der Waals surface area contributed by atoms with Crippen LogP contribution >= 0.6 is 11.3 Å². The molecule has 2 N–H and O–H groups in total. The number of aryl methyl sites for hydroxylation is 1. The second kappa shape index (κ2) is 3.44. The van der Waals surface area contributed by atoms with E-state index in [4.69, 9.17) is 5.73 Å². The van der Waals surface area contributed by atoms with E-state index in [0.717, 1.165) is 12.8 Å². The highest BCUT2D eigenvalue weighted by atomic mass is 32.1. The van der Waals surface area contributed by atoms with Crippen LogP contribution in [0.4, 0.5) is 0 Å². The van der Waals surface area contributed by atoms with E-state index in [0.29, 0.717) is 0 Å². The molecule has 0 spiro atoms. The van der Waals surface area contributed by atoms with Crippen LogP contribution in [0.2, 0.25) is 0 Å². The maximum atomic E-state index is 6.59. The Balaban J connectivity index is 2.04. The molecule has 2 aromatic rings. The standard InChI is InChI=1S/C14H15NS/c1-10-6-7-16-13(10)14(15)8-11-4-2-3-5-12(11)9-14/h2-7H,8-9,15H2,1H3. The molecule has 82 valence electrons. The van der Waals surface area contributed by atoms with Gasteiger partial charge in [-0.1, -0.05) is 24.3 Å². The number of benzene rings is 1. The second-order valence-electron chi connectivity index (χ2n) is 4.71. The summed E-state index contributed by atoms with van der Waals surface area (Å²) in [7, 11) is 0. The van der Waals surface area contributed by atoms with Gasteiger partial charge in [0.15, 0.2) is 0 Å². The summed E-state index contributed by atoms with van der Waals surface area (Å²) in [6.45, 7) is 2.16. The Hall–Kier alpha value is -1.12. The predicted octanol–water partition coefficient (Wildman–Crippen LogP) is 3.01. The lowest BCUT2D eigenvalue weighted by molar-refractivity contribution is 0.481. The number of fused-ring (bicyclic) bond motifs is 1. The third kappa shape index (κ3) is 1.41. The molecule has 1 aromatic carbocycles. The minimum atomic E-state index is -0.165. The minimum Gasteiger partial charge on any atom is -0.320 e. The van der Waals surface area contributed by atoms with Gasteiger partial charge < -0.3 is 5.73 Å². The highest BCUT2D eigenvalue weighted by Crippen LogP contribution is 2.39. The van der Waals surface area contributed by atoms with Crippen LogP contribution in [0.3, 0.4) is 0 Å². The van der Waals surface area contributed by atoms with Crippen molar-refractivity contribution in [1.82, 2.24) is 0 Å². The van der Waals surface area contributed by atoms with Gasteiger partial charge in [0.2, 0.25) is 0 Å². The molecular formula is C14H15NS. The van der Waals surface area contributed by atoms with E-state index in [1.165, 1.54) is 21.6 Å². The van der Waals surface area contributed by atoms with Crippen molar-refractivity contribution in [2.24, 2.45) is 5.73 Å². The molecular weight excluding hydrogens is 214 g/mol. The molecule has 1 heterocycles. The summed E-state index contributed by atoms with van der Waals surface area (Å²) >= 11 is 1.79. The SMILES string of the molecule is Cc1ccsc1C1(N)Cc2ccccc2C1. The zero-order chi connectivity index (χ0) is 11.2. The molecule has 1 aromatic heterocycles. The summed E-state index contributed by atoms with van der Waals surface area (Å²) in [6.07, 6.45) is 1.95. The van der Waals surface area contributed by atoms with Gasteiger partial charge in [0.1, 0.15) is 0 Å². The quantitative estimate of drug-likeness (QED) is 0.799. The Labute approximate surface area is 99.9 Å². The van der Waals surface area contributed by atoms with Crippen molar-refractivity contribution in [3.05, 3.63) is 57.3 Å².